The number of anilines is 1. The lowest BCUT2D eigenvalue weighted by Gasteiger charge is -2.02. The lowest BCUT2D eigenvalue weighted by molar-refractivity contribution is -0.117. The van der Waals surface area contributed by atoms with E-state index < -0.39 is 0 Å². The van der Waals surface area contributed by atoms with Crippen LogP contribution in [0.4, 0.5) is 5.95 Å². The van der Waals surface area contributed by atoms with E-state index in [1.54, 1.807) is 6.07 Å². The van der Waals surface area contributed by atoms with E-state index >= 15 is 0 Å². The van der Waals surface area contributed by atoms with Crippen molar-refractivity contribution in [3.05, 3.63) is 45.7 Å². The van der Waals surface area contributed by atoms with Crippen LogP contribution in [0.15, 0.2) is 28.7 Å². The third-order valence-corrected chi connectivity index (χ3v) is 4.12. The minimum absolute atomic E-state index is 0.0157. The molecule has 1 saturated carbocycles. The molecule has 1 aliphatic carbocycles. The van der Waals surface area contributed by atoms with E-state index in [9.17, 15) is 4.79 Å². The van der Waals surface area contributed by atoms with Gasteiger partial charge in [-0.15, -0.1) is 0 Å². The molecule has 22 heavy (non-hydrogen) atoms. The molecule has 7 heteroatoms. The number of hydrogen-bond acceptors (Lipinski definition) is 4. The van der Waals surface area contributed by atoms with Gasteiger partial charge in [0.15, 0.2) is 11.4 Å². The SMILES string of the molecule is N#Cc1nc(NC(=O)[C@@H]2C[C@@H]2c2ccc(Br)cc2)[nH]c1C#N. The summed E-state index contributed by atoms with van der Waals surface area (Å²) in [5.41, 5.74) is 1.16. The molecule has 0 aliphatic heterocycles. The number of benzene rings is 1. The molecule has 6 nitrogen and oxygen atoms in total. The Morgan fingerprint density at radius 1 is 1.32 bits per heavy atom. The minimum Gasteiger partial charge on any atom is -0.314 e. The highest BCUT2D eigenvalue weighted by atomic mass is 79.9. The number of carbonyl (C=O) groups is 1. The van der Waals surface area contributed by atoms with Crippen molar-refractivity contribution in [2.24, 2.45) is 5.92 Å². The lowest BCUT2D eigenvalue weighted by Crippen LogP contribution is -2.15. The van der Waals surface area contributed by atoms with Gasteiger partial charge >= 0.3 is 0 Å². The van der Waals surface area contributed by atoms with Crippen LogP contribution in [0.2, 0.25) is 0 Å². The van der Waals surface area contributed by atoms with Gasteiger partial charge in [-0.3, -0.25) is 10.1 Å². The number of nitrogens with zero attached hydrogens (tertiary/aromatic N) is 3. The van der Waals surface area contributed by atoms with Gasteiger partial charge in [-0.2, -0.15) is 10.5 Å². The average molecular weight is 356 g/mol. The maximum atomic E-state index is 12.2. The summed E-state index contributed by atoms with van der Waals surface area (Å²) in [4.78, 5) is 18.7. The van der Waals surface area contributed by atoms with Gasteiger partial charge in [-0.25, -0.2) is 4.98 Å². The Labute approximate surface area is 134 Å². The van der Waals surface area contributed by atoms with Gasteiger partial charge in [0, 0.05) is 10.4 Å². The van der Waals surface area contributed by atoms with E-state index in [1.165, 1.54) is 0 Å². The topological polar surface area (TPSA) is 105 Å². The Bertz CT molecular complexity index is 780. The van der Waals surface area contributed by atoms with Crippen LogP contribution >= 0.6 is 15.9 Å². The van der Waals surface area contributed by atoms with E-state index in [1.807, 2.05) is 30.3 Å². The van der Waals surface area contributed by atoms with E-state index in [-0.39, 0.29) is 35.1 Å². The first-order chi connectivity index (χ1) is 10.6. The fourth-order valence-electron chi connectivity index (χ4n) is 2.37. The number of carbonyl (C=O) groups excluding carboxylic acids is 1. The first-order valence-corrected chi connectivity index (χ1v) is 7.38. The molecule has 0 bridgehead atoms. The van der Waals surface area contributed by atoms with Gasteiger partial charge in [-0.05, 0) is 30.0 Å². The molecule has 2 aromatic rings. The van der Waals surface area contributed by atoms with Crippen LogP contribution in [0.5, 0.6) is 0 Å². The van der Waals surface area contributed by atoms with Crippen molar-refractivity contribution in [1.29, 1.82) is 10.5 Å². The Hall–Kier alpha value is -2.64. The molecule has 1 heterocycles. The predicted molar refractivity (Wildman–Crippen MR) is 81.6 cm³/mol. The molecule has 108 valence electrons. The van der Waals surface area contributed by atoms with Gasteiger partial charge in [-0.1, -0.05) is 28.1 Å². The summed E-state index contributed by atoms with van der Waals surface area (Å²) in [5.74, 6) is 0.0755. The van der Waals surface area contributed by atoms with Gasteiger partial charge in [0.2, 0.25) is 11.9 Å². The van der Waals surface area contributed by atoms with Crippen molar-refractivity contribution in [1.82, 2.24) is 9.97 Å². The molecule has 0 unspecified atom stereocenters. The third-order valence-electron chi connectivity index (χ3n) is 3.59. The fourth-order valence-corrected chi connectivity index (χ4v) is 2.63. The molecule has 2 atom stereocenters. The quantitative estimate of drug-likeness (QED) is 0.882. The molecule has 1 aromatic carbocycles. The zero-order chi connectivity index (χ0) is 15.7. The Kier molecular flexibility index (Phi) is 3.66. The van der Waals surface area contributed by atoms with E-state index in [2.05, 4.69) is 31.2 Å². The van der Waals surface area contributed by atoms with Crippen molar-refractivity contribution >= 4 is 27.8 Å². The number of hydrogen-bond donors (Lipinski definition) is 2. The standard InChI is InChI=1S/C15H10BrN5O/c16-9-3-1-8(2-4-9)10-5-11(10)14(22)21-15-19-12(6-17)13(7-18)20-15/h1-4,10-11H,5H2,(H2,19,20,21,22)/t10-,11-/m1/s1. The number of nitriles is 2. The van der Waals surface area contributed by atoms with Crippen LogP contribution in [0, 0.1) is 28.6 Å². The molecule has 2 N–H and O–H groups in total. The molecular formula is C15H10BrN5O. The van der Waals surface area contributed by atoms with Gasteiger partial charge in [0.1, 0.15) is 12.1 Å². The van der Waals surface area contributed by atoms with Crippen LogP contribution in [0.25, 0.3) is 0 Å². The summed E-state index contributed by atoms with van der Waals surface area (Å²) in [6, 6.07) is 11.5. The molecule has 3 rings (SSSR count). The Morgan fingerprint density at radius 3 is 2.64 bits per heavy atom. The van der Waals surface area contributed by atoms with Crippen LogP contribution < -0.4 is 5.32 Å². The number of imidazole rings is 1. The number of rotatable bonds is 3. The molecule has 0 saturated heterocycles. The summed E-state index contributed by atoms with van der Waals surface area (Å²) in [7, 11) is 0. The van der Waals surface area contributed by atoms with Crippen molar-refractivity contribution in [2.75, 3.05) is 5.32 Å². The van der Waals surface area contributed by atoms with E-state index in [0.717, 1.165) is 16.5 Å². The largest absolute Gasteiger partial charge is 0.314 e. The number of nitrogens with one attached hydrogen (secondary N) is 2. The highest BCUT2D eigenvalue weighted by Gasteiger charge is 2.44. The van der Waals surface area contributed by atoms with Crippen molar-refractivity contribution in [2.45, 2.75) is 12.3 Å². The van der Waals surface area contributed by atoms with Crippen molar-refractivity contribution in [3.63, 3.8) is 0 Å². The Morgan fingerprint density at radius 2 is 2.05 bits per heavy atom. The molecular weight excluding hydrogens is 346 g/mol. The predicted octanol–water partition coefficient (Wildman–Crippen LogP) is 2.66. The third kappa shape index (κ3) is 2.72. The average Bonchev–Trinajstić information content (AvgIpc) is 3.22. The number of aromatic amines is 1. The molecule has 1 aliphatic rings. The maximum absolute atomic E-state index is 12.2. The second kappa shape index (κ2) is 5.63. The van der Waals surface area contributed by atoms with Crippen molar-refractivity contribution < 1.29 is 4.79 Å². The fraction of sp³-hybridized carbons (Fsp3) is 0.200. The van der Waals surface area contributed by atoms with Crippen molar-refractivity contribution in [3.8, 4) is 12.1 Å². The number of halogens is 1. The van der Waals surface area contributed by atoms with Gasteiger partial charge in [0.05, 0.1) is 0 Å². The van der Waals surface area contributed by atoms with Gasteiger partial charge < -0.3 is 4.98 Å². The Balaban J connectivity index is 1.67. The summed E-state index contributed by atoms with van der Waals surface area (Å²) >= 11 is 3.38. The number of amides is 1. The van der Waals surface area contributed by atoms with Crippen LogP contribution in [-0.2, 0) is 4.79 Å². The summed E-state index contributed by atoms with van der Waals surface area (Å²) < 4.78 is 1.00. The zero-order valence-electron chi connectivity index (χ0n) is 11.3. The van der Waals surface area contributed by atoms with E-state index in [0.29, 0.717) is 0 Å². The van der Waals surface area contributed by atoms with E-state index in [4.69, 9.17) is 10.5 Å². The maximum Gasteiger partial charge on any atom is 0.230 e. The summed E-state index contributed by atoms with van der Waals surface area (Å²) in [6.45, 7) is 0. The minimum atomic E-state index is -0.157. The summed E-state index contributed by atoms with van der Waals surface area (Å²) in [5, 5.41) is 20.3. The molecule has 0 radical (unpaired) electrons. The second-order valence-electron chi connectivity index (χ2n) is 5.02. The zero-order valence-corrected chi connectivity index (χ0v) is 12.9. The monoisotopic (exact) mass is 355 g/mol. The number of H-pyrrole nitrogens is 1. The summed E-state index contributed by atoms with van der Waals surface area (Å²) in [6.07, 6.45) is 0.782. The highest BCUT2D eigenvalue weighted by molar-refractivity contribution is 9.10. The smallest absolute Gasteiger partial charge is 0.230 e. The normalized spacial score (nSPS) is 19.0. The molecule has 1 aromatic heterocycles. The number of aromatic nitrogens is 2. The van der Waals surface area contributed by atoms with Crippen LogP contribution in [0.1, 0.15) is 29.3 Å². The lowest BCUT2D eigenvalue weighted by atomic mass is 10.1. The molecule has 1 amide bonds. The van der Waals surface area contributed by atoms with Crippen LogP contribution in [0.3, 0.4) is 0 Å². The first-order valence-electron chi connectivity index (χ1n) is 6.59. The first kappa shape index (κ1) is 14.3. The highest BCUT2D eigenvalue weighted by Crippen LogP contribution is 2.48. The van der Waals surface area contributed by atoms with Crippen LogP contribution in [-0.4, -0.2) is 15.9 Å². The molecule has 1 fully saturated rings. The molecule has 0 spiro atoms. The second-order valence-corrected chi connectivity index (χ2v) is 5.94. The van der Waals surface area contributed by atoms with Gasteiger partial charge in [0.25, 0.3) is 0 Å².